The van der Waals surface area contributed by atoms with Gasteiger partial charge in [0.15, 0.2) is 16.6 Å². The van der Waals surface area contributed by atoms with Crippen molar-refractivity contribution in [2.24, 2.45) is 0 Å². The van der Waals surface area contributed by atoms with Gasteiger partial charge in [0.2, 0.25) is 0 Å². The Morgan fingerprint density at radius 1 is 1.24 bits per heavy atom. The molecule has 0 aromatic heterocycles. The van der Waals surface area contributed by atoms with Gasteiger partial charge in [-0.1, -0.05) is 0 Å². The van der Waals surface area contributed by atoms with E-state index < -0.39 is 17.8 Å². The van der Waals surface area contributed by atoms with Gasteiger partial charge in [-0.3, -0.25) is 19.8 Å². The van der Waals surface area contributed by atoms with Crippen LogP contribution in [0, 0.1) is 3.57 Å². The number of phenols is 1. The Morgan fingerprint density at radius 3 is 2.48 bits per heavy atom. The molecule has 0 atom stereocenters. The van der Waals surface area contributed by atoms with Crippen LogP contribution in [0.3, 0.4) is 0 Å². The van der Waals surface area contributed by atoms with Crippen molar-refractivity contribution < 1.29 is 29.3 Å². The fourth-order valence-electron chi connectivity index (χ4n) is 2.64. The van der Waals surface area contributed by atoms with E-state index in [-0.39, 0.29) is 27.7 Å². The number of amides is 2. The summed E-state index contributed by atoms with van der Waals surface area (Å²) in [6.07, 6.45) is 1.36. The maximum Gasteiger partial charge on any atom is 0.335 e. The highest BCUT2D eigenvalue weighted by atomic mass is 127. The van der Waals surface area contributed by atoms with Gasteiger partial charge in [0.25, 0.3) is 11.8 Å². The van der Waals surface area contributed by atoms with Crippen LogP contribution in [0.5, 0.6) is 11.5 Å². The number of nitrogens with zero attached hydrogens (tertiary/aromatic N) is 1. The SMILES string of the molecule is COc1cc(/C=C2\C(=O)NC(=S)N(c3ccc(C(=O)O)cc3)C2=O)cc(I)c1O. The monoisotopic (exact) mass is 524 g/mol. The summed E-state index contributed by atoms with van der Waals surface area (Å²) in [6.45, 7) is 0. The van der Waals surface area contributed by atoms with Crippen LogP contribution in [0.15, 0.2) is 42.0 Å². The van der Waals surface area contributed by atoms with E-state index in [2.05, 4.69) is 5.32 Å². The molecule has 0 radical (unpaired) electrons. The number of ether oxygens (including phenoxy) is 1. The molecule has 2 aromatic rings. The fourth-order valence-corrected chi connectivity index (χ4v) is 3.55. The Kier molecular flexibility index (Phi) is 5.84. The van der Waals surface area contributed by atoms with Crippen molar-refractivity contribution in [1.82, 2.24) is 5.32 Å². The first-order valence-corrected chi connectivity index (χ1v) is 9.53. The van der Waals surface area contributed by atoms with E-state index in [9.17, 15) is 19.5 Å². The normalized spacial score (nSPS) is 15.4. The molecule has 29 heavy (non-hydrogen) atoms. The van der Waals surface area contributed by atoms with E-state index in [0.717, 1.165) is 4.90 Å². The van der Waals surface area contributed by atoms with Gasteiger partial charge in [-0.15, -0.1) is 0 Å². The number of aromatic hydroxyl groups is 1. The molecule has 1 saturated heterocycles. The molecule has 0 bridgehead atoms. The van der Waals surface area contributed by atoms with Gasteiger partial charge >= 0.3 is 5.97 Å². The number of thiocarbonyl (C=S) groups is 1. The Labute approximate surface area is 183 Å². The second kappa shape index (κ2) is 8.17. The number of carboxylic acids is 1. The maximum absolute atomic E-state index is 13.0. The lowest BCUT2D eigenvalue weighted by molar-refractivity contribution is -0.122. The number of halogens is 1. The Hall–Kier alpha value is -2.99. The van der Waals surface area contributed by atoms with Crippen molar-refractivity contribution in [1.29, 1.82) is 0 Å². The molecule has 0 spiro atoms. The summed E-state index contributed by atoms with van der Waals surface area (Å²) in [5.41, 5.74) is 0.657. The number of aromatic carboxylic acids is 1. The summed E-state index contributed by atoms with van der Waals surface area (Å²) in [7, 11) is 1.39. The van der Waals surface area contributed by atoms with Crippen LogP contribution in [0.2, 0.25) is 0 Å². The van der Waals surface area contributed by atoms with Crippen LogP contribution < -0.4 is 15.0 Å². The zero-order chi connectivity index (χ0) is 21.3. The molecule has 1 fully saturated rings. The number of carbonyl (C=O) groups is 3. The van der Waals surface area contributed by atoms with Crippen LogP contribution >= 0.6 is 34.8 Å². The number of hydrogen-bond donors (Lipinski definition) is 3. The standard InChI is InChI=1S/C19H13IN2O6S/c1-28-14-8-9(7-13(20)15(14)23)6-12-16(24)21-19(29)22(17(12)25)11-4-2-10(3-5-11)18(26)27/h2-8,23H,1H3,(H,26,27)(H,21,24,29)/b12-6+. The maximum atomic E-state index is 13.0. The Balaban J connectivity index is 2.02. The molecule has 3 N–H and O–H groups in total. The molecule has 0 unspecified atom stereocenters. The lowest BCUT2D eigenvalue weighted by atomic mass is 10.1. The van der Waals surface area contributed by atoms with E-state index in [1.165, 1.54) is 43.5 Å². The lowest BCUT2D eigenvalue weighted by Crippen LogP contribution is -2.54. The predicted octanol–water partition coefficient (Wildman–Crippen LogP) is 2.53. The number of benzene rings is 2. The van der Waals surface area contributed by atoms with Gasteiger partial charge in [0, 0.05) is 0 Å². The summed E-state index contributed by atoms with van der Waals surface area (Å²) < 4.78 is 5.58. The average molecular weight is 524 g/mol. The van der Waals surface area contributed by atoms with E-state index in [1.807, 2.05) is 22.6 Å². The summed E-state index contributed by atoms with van der Waals surface area (Å²) in [6, 6.07) is 8.60. The molecule has 1 aliphatic heterocycles. The largest absolute Gasteiger partial charge is 0.504 e. The summed E-state index contributed by atoms with van der Waals surface area (Å²) >= 11 is 7.02. The minimum Gasteiger partial charge on any atom is -0.504 e. The molecular weight excluding hydrogens is 511 g/mol. The molecule has 2 aromatic carbocycles. The number of rotatable bonds is 4. The van der Waals surface area contributed by atoms with E-state index in [1.54, 1.807) is 6.07 Å². The third kappa shape index (κ3) is 4.07. The molecule has 2 amide bonds. The fraction of sp³-hybridized carbons (Fsp3) is 0.0526. The number of phenolic OH excluding ortho intramolecular Hbond substituents is 1. The van der Waals surface area contributed by atoms with Gasteiger partial charge in [-0.05, 0) is 82.8 Å². The molecular formula is C19H13IN2O6S. The number of carbonyl (C=O) groups excluding carboxylic acids is 2. The van der Waals surface area contributed by atoms with Gasteiger partial charge in [0.05, 0.1) is 21.9 Å². The van der Waals surface area contributed by atoms with Crippen LogP contribution in [-0.2, 0) is 9.59 Å². The zero-order valence-corrected chi connectivity index (χ0v) is 17.8. The lowest BCUT2D eigenvalue weighted by Gasteiger charge is -2.29. The van der Waals surface area contributed by atoms with Crippen molar-refractivity contribution in [3.8, 4) is 11.5 Å². The zero-order valence-electron chi connectivity index (χ0n) is 14.8. The molecule has 0 aliphatic carbocycles. The Bertz CT molecular complexity index is 1080. The smallest absolute Gasteiger partial charge is 0.335 e. The van der Waals surface area contributed by atoms with Crippen LogP contribution in [0.25, 0.3) is 6.08 Å². The van der Waals surface area contributed by atoms with Crippen LogP contribution in [-0.4, -0.2) is 40.2 Å². The van der Waals surface area contributed by atoms with Crippen molar-refractivity contribution in [2.75, 3.05) is 12.0 Å². The van der Waals surface area contributed by atoms with Gasteiger partial charge < -0.3 is 14.9 Å². The third-order valence-electron chi connectivity index (χ3n) is 4.06. The summed E-state index contributed by atoms with van der Waals surface area (Å²) in [5, 5.41) is 21.3. The Morgan fingerprint density at radius 2 is 1.90 bits per heavy atom. The van der Waals surface area contributed by atoms with Crippen molar-refractivity contribution in [3.63, 3.8) is 0 Å². The first-order chi connectivity index (χ1) is 13.7. The number of anilines is 1. The molecule has 8 nitrogen and oxygen atoms in total. The molecule has 0 saturated carbocycles. The molecule has 3 rings (SSSR count). The van der Waals surface area contributed by atoms with Gasteiger partial charge in [-0.25, -0.2) is 4.79 Å². The van der Waals surface area contributed by atoms with Crippen LogP contribution in [0.1, 0.15) is 15.9 Å². The van der Waals surface area contributed by atoms with Gasteiger partial charge in [0.1, 0.15) is 5.57 Å². The van der Waals surface area contributed by atoms with Crippen LogP contribution in [0.4, 0.5) is 5.69 Å². The van der Waals surface area contributed by atoms with Gasteiger partial charge in [-0.2, -0.15) is 0 Å². The number of carboxylic acid groups (broad SMARTS) is 1. The minimum absolute atomic E-state index is 0.0454. The van der Waals surface area contributed by atoms with Crippen molar-refractivity contribution >= 4 is 69.5 Å². The topological polar surface area (TPSA) is 116 Å². The molecule has 10 heteroatoms. The van der Waals surface area contributed by atoms with E-state index in [4.69, 9.17) is 22.1 Å². The number of methoxy groups -OCH3 is 1. The highest BCUT2D eigenvalue weighted by Crippen LogP contribution is 2.33. The minimum atomic E-state index is -1.10. The number of hydrogen-bond acceptors (Lipinski definition) is 6. The highest BCUT2D eigenvalue weighted by Gasteiger charge is 2.34. The second-order valence-corrected chi connectivity index (χ2v) is 7.41. The second-order valence-electron chi connectivity index (χ2n) is 5.86. The highest BCUT2D eigenvalue weighted by molar-refractivity contribution is 14.1. The van der Waals surface area contributed by atoms with E-state index >= 15 is 0 Å². The average Bonchev–Trinajstić information content (AvgIpc) is 2.68. The first kappa shape index (κ1) is 20.7. The van der Waals surface area contributed by atoms with E-state index in [0.29, 0.717) is 14.8 Å². The number of nitrogens with one attached hydrogen (secondary N) is 1. The molecule has 1 aliphatic rings. The van der Waals surface area contributed by atoms with Crippen molar-refractivity contribution in [3.05, 3.63) is 56.7 Å². The predicted molar refractivity (Wildman–Crippen MR) is 117 cm³/mol. The quantitative estimate of drug-likeness (QED) is 0.244. The molecule has 148 valence electrons. The summed E-state index contributed by atoms with van der Waals surface area (Å²) in [5.74, 6) is -2.28. The summed E-state index contributed by atoms with van der Waals surface area (Å²) in [4.78, 5) is 37.5. The molecule has 1 heterocycles. The third-order valence-corrected chi connectivity index (χ3v) is 5.16. The van der Waals surface area contributed by atoms with Crippen molar-refractivity contribution in [2.45, 2.75) is 0 Å². The first-order valence-electron chi connectivity index (χ1n) is 8.04.